The van der Waals surface area contributed by atoms with Crippen molar-refractivity contribution in [3.63, 3.8) is 0 Å². The summed E-state index contributed by atoms with van der Waals surface area (Å²) in [6.07, 6.45) is 9.37. The molecule has 4 heteroatoms. The van der Waals surface area contributed by atoms with E-state index in [1.54, 1.807) is 0 Å². The minimum Gasteiger partial charge on any atom is -0.293 e. The predicted molar refractivity (Wildman–Crippen MR) is 76.1 cm³/mol. The highest BCUT2D eigenvalue weighted by Gasteiger charge is 2.28. The molecule has 0 spiro atoms. The van der Waals surface area contributed by atoms with Gasteiger partial charge >= 0.3 is 0 Å². The van der Waals surface area contributed by atoms with Crippen LogP contribution in [0.3, 0.4) is 0 Å². The van der Waals surface area contributed by atoms with Gasteiger partial charge in [-0.15, -0.1) is 0 Å². The van der Waals surface area contributed by atoms with Crippen molar-refractivity contribution in [2.45, 2.75) is 38.3 Å². The summed E-state index contributed by atoms with van der Waals surface area (Å²) in [6.45, 7) is 3.01. The predicted octanol–water partition coefficient (Wildman–Crippen LogP) is 2.31. The van der Waals surface area contributed by atoms with E-state index in [1.165, 1.54) is 29.7 Å². The summed E-state index contributed by atoms with van der Waals surface area (Å²) in [7, 11) is 0. The van der Waals surface area contributed by atoms with E-state index >= 15 is 0 Å². The average Bonchev–Trinajstić information content (AvgIpc) is 3.32. The van der Waals surface area contributed by atoms with E-state index in [1.807, 2.05) is 12.4 Å². The highest BCUT2D eigenvalue weighted by atomic mass is 15.1. The standard InChI is InChI=1S/C16H18N4/c1-2-13(1)16-18-9-14-5-8-20(11-15(14)19-16)10-12-3-6-17-7-4-12/h3-4,6-7,9,13H,1-2,5,8,10-11H2. The molecular formula is C16H18N4. The number of nitrogens with zero attached hydrogens (tertiary/aromatic N) is 4. The fourth-order valence-corrected chi connectivity index (χ4v) is 2.79. The summed E-state index contributed by atoms with van der Waals surface area (Å²) in [5.74, 6) is 1.70. The summed E-state index contributed by atoms with van der Waals surface area (Å²) in [6, 6.07) is 4.18. The van der Waals surface area contributed by atoms with Gasteiger partial charge in [0.2, 0.25) is 0 Å². The zero-order valence-electron chi connectivity index (χ0n) is 11.5. The van der Waals surface area contributed by atoms with E-state index in [4.69, 9.17) is 4.98 Å². The number of aromatic nitrogens is 3. The van der Waals surface area contributed by atoms with Crippen LogP contribution in [0.5, 0.6) is 0 Å². The molecule has 0 saturated heterocycles. The molecule has 20 heavy (non-hydrogen) atoms. The summed E-state index contributed by atoms with van der Waals surface area (Å²) < 4.78 is 0. The second-order valence-electron chi connectivity index (χ2n) is 5.79. The van der Waals surface area contributed by atoms with E-state index in [-0.39, 0.29) is 0 Å². The number of hydrogen-bond donors (Lipinski definition) is 0. The zero-order chi connectivity index (χ0) is 13.4. The molecule has 2 aliphatic rings. The maximum atomic E-state index is 4.80. The van der Waals surface area contributed by atoms with E-state index in [2.05, 4.69) is 33.2 Å². The van der Waals surface area contributed by atoms with Gasteiger partial charge in [0.1, 0.15) is 5.82 Å². The fraction of sp³-hybridized carbons (Fsp3) is 0.438. The van der Waals surface area contributed by atoms with Gasteiger partial charge in [-0.2, -0.15) is 0 Å². The topological polar surface area (TPSA) is 41.9 Å². The normalized spacial score (nSPS) is 18.8. The molecule has 0 aromatic carbocycles. The van der Waals surface area contributed by atoms with Crippen molar-refractivity contribution in [1.29, 1.82) is 0 Å². The molecule has 2 aromatic rings. The SMILES string of the molecule is c1cc(CN2CCc3cnc(C4CC4)nc3C2)ccn1. The van der Waals surface area contributed by atoms with Crippen molar-refractivity contribution < 1.29 is 0 Å². The second-order valence-corrected chi connectivity index (χ2v) is 5.79. The maximum absolute atomic E-state index is 4.80. The van der Waals surface area contributed by atoms with E-state index in [0.717, 1.165) is 31.9 Å². The van der Waals surface area contributed by atoms with Gasteiger partial charge in [0.15, 0.2) is 0 Å². The number of hydrogen-bond acceptors (Lipinski definition) is 4. The van der Waals surface area contributed by atoms with E-state index in [0.29, 0.717) is 5.92 Å². The highest BCUT2D eigenvalue weighted by Crippen LogP contribution is 2.38. The van der Waals surface area contributed by atoms with Crippen LogP contribution in [0.1, 0.15) is 41.4 Å². The Balaban J connectivity index is 1.51. The first kappa shape index (κ1) is 12.0. The molecule has 4 nitrogen and oxygen atoms in total. The molecule has 2 aromatic heterocycles. The van der Waals surface area contributed by atoms with Crippen LogP contribution < -0.4 is 0 Å². The van der Waals surface area contributed by atoms with Crippen molar-refractivity contribution in [2.75, 3.05) is 6.54 Å². The van der Waals surface area contributed by atoms with E-state index < -0.39 is 0 Å². The minimum absolute atomic E-state index is 0.635. The van der Waals surface area contributed by atoms with Crippen LogP contribution >= 0.6 is 0 Å². The van der Waals surface area contributed by atoms with Gasteiger partial charge in [0, 0.05) is 44.1 Å². The van der Waals surface area contributed by atoms with Gasteiger partial charge in [0.25, 0.3) is 0 Å². The van der Waals surface area contributed by atoms with Gasteiger partial charge in [-0.3, -0.25) is 9.88 Å². The van der Waals surface area contributed by atoms with Crippen LogP contribution in [0, 0.1) is 0 Å². The highest BCUT2D eigenvalue weighted by molar-refractivity contribution is 5.23. The first-order chi connectivity index (χ1) is 9.88. The van der Waals surface area contributed by atoms with Crippen molar-refractivity contribution >= 4 is 0 Å². The molecule has 4 rings (SSSR count). The van der Waals surface area contributed by atoms with Crippen molar-refractivity contribution in [1.82, 2.24) is 19.9 Å². The van der Waals surface area contributed by atoms with Crippen LogP contribution in [-0.4, -0.2) is 26.4 Å². The van der Waals surface area contributed by atoms with Gasteiger partial charge in [-0.25, -0.2) is 9.97 Å². The molecule has 1 aliphatic carbocycles. The van der Waals surface area contributed by atoms with Crippen LogP contribution in [0.2, 0.25) is 0 Å². The molecule has 0 bridgehead atoms. The Hall–Kier alpha value is -1.81. The fourth-order valence-electron chi connectivity index (χ4n) is 2.79. The quantitative estimate of drug-likeness (QED) is 0.855. The van der Waals surface area contributed by atoms with Gasteiger partial charge in [-0.1, -0.05) is 0 Å². The van der Waals surface area contributed by atoms with Crippen LogP contribution in [0.4, 0.5) is 0 Å². The number of fused-ring (bicyclic) bond motifs is 1. The van der Waals surface area contributed by atoms with Crippen LogP contribution in [-0.2, 0) is 19.5 Å². The third-order valence-corrected chi connectivity index (χ3v) is 4.14. The summed E-state index contributed by atoms with van der Waals surface area (Å²) in [4.78, 5) is 15.9. The minimum atomic E-state index is 0.635. The third kappa shape index (κ3) is 2.43. The molecule has 0 atom stereocenters. The van der Waals surface area contributed by atoms with Gasteiger partial charge in [0.05, 0.1) is 5.69 Å². The number of rotatable bonds is 3. The molecule has 1 saturated carbocycles. The Morgan fingerprint density at radius 1 is 1.20 bits per heavy atom. The van der Waals surface area contributed by atoms with Crippen molar-refractivity contribution in [3.8, 4) is 0 Å². The Bertz CT molecular complexity index is 607. The monoisotopic (exact) mass is 266 g/mol. The lowest BCUT2D eigenvalue weighted by Gasteiger charge is -2.28. The average molecular weight is 266 g/mol. The Kier molecular flexibility index (Phi) is 2.96. The van der Waals surface area contributed by atoms with Gasteiger partial charge < -0.3 is 0 Å². The third-order valence-electron chi connectivity index (χ3n) is 4.14. The summed E-state index contributed by atoms with van der Waals surface area (Å²) in [5.41, 5.74) is 3.89. The molecule has 0 N–H and O–H groups in total. The van der Waals surface area contributed by atoms with E-state index in [9.17, 15) is 0 Å². The lowest BCUT2D eigenvalue weighted by molar-refractivity contribution is 0.240. The van der Waals surface area contributed by atoms with Crippen LogP contribution in [0.25, 0.3) is 0 Å². The zero-order valence-corrected chi connectivity index (χ0v) is 11.5. The lowest BCUT2D eigenvalue weighted by atomic mass is 10.1. The van der Waals surface area contributed by atoms with Crippen molar-refractivity contribution in [3.05, 3.63) is 53.4 Å². The Morgan fingerprint density at radius 2 is 2.05 bits per heavy atom. The Morgan fingerprint density at radius 3 is 2.85 bits per heavy atom. The number of pyridine rings is 1. The first-order valence-electron chi connectivity index (χ1n) is 7.34. The molecule has 102 valence electrons. The maximum Gasteiger partial charge on any atom is 0.131 e. The molecule has 1 aliphatic heterocycles. The molecule has 0 radical (unpaired) electrons. The molecule has 0 unspecified atom stereocenters. The Labute approximate surface area is 118 Å². The first-order valence-corrected chi connectivity index (χ1v) is 7.34. The summed E-state index contributed by atoms with van der Waals surface area (Å²) in [5, 5.41) is 0. The van der Waals surface area contributed by atoms with Crippen molar-refractivity contribution in [2.24, 2.45) is 0 Å². The second kappa shape index (κ2) is 4.94. The molecule has 1 fully saturated rings. The molecule has 3 heterocycles. The van der Waals surface area contributed by atoms with Crippen LogP contribution in [0.15, 0.2) is 30.7 Å². The smallest absolute Gasteiger partial charge is 0.131 e. The lowest BCUT2D eigenvalue weighted by Crippen LogP contribution is -2.31. The molecule has 0 amide bonds. The molecular weight excluding hydrogens is 248 g/mol. The largest absolute Gasteiger partial charge is 0.293 e. The summed E-state index contributed by atoms with van der Waals surface area (Å²) >= 11 is 0. The van der Waals surface area contributed by atoms with Gasteiger partial charge in [-0.05, 0) is 42.5 Å².